The average molecular weight is 280 g/mol. The van der Waals surface area contributed by atoms with Gasteiger partial charge in [0.05, 0.1) is 6.61 Å². The largest absolute Gasteiger partial charge is 0.494 e. The highest BCUT2D eigenvalue weighted by atomic mass is 16.5. The van der Waals surface area contributed by atoms with Gasteiger partial charge in [0, 0.05) is 35.4 Å². The van der Waals surface area contributed by atoms with E-state index in [4.69, 9.17) is 4.74 Å². The molecule has 0 aliphatic heterocycles. The van der Waals surface area contributed by atoms with Gasteiger partial charge >= 0.3 is 0 Å². The van der Waals surface area contributed by atoms with Crippen LogP contribution in [0.3, 0.4) is 0 Å². The van der Waals surface area contributed by atoms with Crippen molar-refractivity contribution in [1.82, 2.24) is 4.98 Å². The summed E-state index contributed by atoms with van der Waals surface area (Å²) in [7, 11) is 0. The molecule has 0 fully saturated rings. The molecule has 0 saturated carbocycles. The van der Waals surface area contributed by atoms with Crippen molar-refractivity contribution in [3.8, 4) is 5.75 Å². The van der Waals surface area contributed by atoms with Crippen LogP contribution in [0, 0.1) is 0 Å². The topological polar surface area (TPSA) is 37.0 Å². The molecule has 2 N–H and O–H groups in total. The van der Waals surface area contributed by atoms with Crippen molar-refractivity contribution in [3.63, 3.8) is 0 Å². The molecule has 0 saturated heterocycles. The third-order valence-electron chi connectivity index (χ3n) is 3.46. The van der Waals surface area contributed by atoms with Crippen molar-refractivity contribution in [3.05, 3.63) is 60.3 Å². The van der Waals surface area contributed by atoms with Gasteiger partial charge in [-0.05, 0) is 30.2 Å². The molecule has 108 valence electrons. The van der Waals surface area contributed by atoms with Crippen LogP contribution in [0.25, 0.3) is 10.9 Å². The zero-order chi connectivity index (χ0) is 14.5. The number of aromatic amines is 1. The van der Waals surface area contributed by atoms with Crippen molar-refractivity contribution in [1.29, 1.82) is 0 Å². The van der Waals surface area contributed by atoms with Gasteiger partial charge in [0.15, 0.2) is 0 Å². The first-order valence-electron chi connectivity index (χ1n) is 7.38. The maximum Gasteiger partial charge on any atom is 0.121 e. The Balaban J connectivity index is 1.70. The first-order chi connectivity index (χ1) is 10.4. The first-order valence-corrected chi connectivity index (χ1v) is 7.38. The van der Waals surface area contributed by atoms with E-state index in [1.165, 1.54) is 16.5 Å². The Morgan fingerprint density at radius 1 is 1.10 bits per heavy atom. The van der Waals surface area contributed by atoms with E-state index in [0.717, 1.165) is 31.0 Å². The molecule has 0 radical (unpaired) electrons. The van der Waals surface area contributed by atoms with E-state index in [2.05, 4.69) is 47.7 Å². The van der Waals surface area contributed by atoms with Gasteiger partial charge in [-0.25, -0.2) is 0 Å². The van der Waals surface area contributed by atoms with Crippen LogP contribution in [-0.2, 0) is 6.54 Å². The monoisotopic (exact) mass is 280 g/mol. The Bertz CT molecular complexity index is 718. The van der Waals surface area contributed by atoms with Gasteiger partial charge < -0.3 is 15.0 Å². The maximum atomic E-state index is 5.66. The predicted octanol–water partition coefficient (Wildman–Crippen LogP) is 4.57. The Morgan fingerprint density at radius 2 is 2.00 bits per heavy atom. The highest BCUT2D eigenvalue weighted by Crippen LogP contribution is 2.21. The molecule has 2 aromatic carbocycles. The standard InChI is InChI=1S/C18H20N2O/c1-2-10-21-16-7-5-6-15(11-16)19-12-14-13-20-18-9-4-3-8-17(14)18/h3-9,11,13,19-20H,2,10,12H2,1H3. The molecule has 3 nitrogen and oxygen atoms in total. The van der Waals surface area contributed by atoms with E-state index >= 15 is 0 Å². The lowest BCUT2D eigenvalue weighted by Crippen LogP contribution is -2.00. The summed E-state index contributed by atoms with van der Waals surface area (Å²) in [5.41, 5.74) is 3.52. The number of fused-ring (bicyclic) bond motifs is 1. The second-order valence-corrected chi connectivity index (χ2v) is 5.09. The SMILES string of the molecule is CCCOc1cccc(NCc2c[nH]c3ccccc23)c1. The van der Waals surface area contributed by atoms with Gasteiger partial charge in [-0.1, -0.05) is 31.2 Å². The van der Waals surface area contributed by atoms with E-state index in [1.807, 2.05) is 24.3 Å². The zero-order valence-corrected chi connectivity index (χ0v) is 12.2. The van der Waals surface area contributed by atoms with Gasteiger partial charge in [-0.3, -0.25) is 0 Å². The summed E-state index contributed by atoms with van der Waals surface area (Å²) >= 11 is 0. The van der Waals surface area contributed by atoms with Crippen molar-refractivity contribution in [2.75, 3.05) is 11.9 Å². The number of H-pyrrole nitrogens is 1. The number of anilines is 1. The maximum absolute atomic E-state index is 5.66. The minimum absolute atomic E-state index is 0.756. The minimum Gasteiger partial charge on any atom is -0.494 e. The van der Waals surface area contributed by atoms with E-state index in [-0.39, 0.29) is 0 Å². The second kappa shape index (κ2) is 6.35. The molecule has 1 heterocycles. The van der Waals surface area contributed by atoms with Crippen LogP contribution >= 0.6 is 0 Å². The molecule has 0 spiro atoms. The Labute approximate surface area is 125 Å². The van der Waals surface area contributed by atoms with Crippen LogP contribution in [0.4, 0.5) is 5.69 Å². The highest BCUT2D eigenvalue weighted by molar-refractivity contribution is 5.83. The second-order valence-electron chi connectivity index (χ2n) is 5.09. The molecule has 3 heteroatoms. The van der Waals surface area contributed by atoms with Crippen molar-refractivity contribution < 1.29 is 4.74 Å². The number of para-hydroxylation sites is 1. The molecule has 0 atom stereocenters. The Morgan fingerprint density at radius 3 is 2.90 bits per heavy atom. The molecule has 0 aliphatic carbocycles. The van der Waals surface area contributed by atoms with Crippen LogP contribution < -0.4 is 10.1 Å². The predicted molar refractivity (Wildman–Crippen MR) is 87.9 cm³/mol. The summed E-state index contributed by atoms with van der Waals surface area (Å²) in [6.45, 7) is 3.66. The molecular formula is C18H20N2O. The number of rotatable bonds is 6. The van der Waals surface area contributed by atoms with Gasteiger partial charge in [0.25, 0.3) is 0 Å². The van der Waals surface area contributed by atoms with E-state index in [0.29, 0.717) is 0 Å². The van der Waals surface area contributed by atoms with Gasteiger partial charge in [-0.2, -0.15) is 0 Å². The lowest BCUT2D eigenvalue weighted by atomic mass is 10.2. The van der Waals surface area contributed by atoms with Gasteiger partial charge in [0.2, 0.25) is 0 Å². The summed E-state index contributed by atoms with van der Waals surface area (Å²) in [6.07, 6.45) is 3.09. The fourth-order valence-corrected chi connectivity index (χ4v) is 2.39. The number of benzene rings is 2. The summed E-state index contributed by atoms with van der Waals surface area (Å²) in [6, 6.07) is 16.5. The van der Waals surface area contributed by atoms with E-state index < -0.39 is 0 Å². The molecule has 0 bridgehead atoms. The van der Waals surface area contributed by atoms with Crippen LogP contribution in [0.15, 0.2) is 54.7 Å². The molecule has 0 amide bonds. The van der Waals surface area contributed by atoms with Gasteiger partial charge in [-0.15, -0.1) is 0 Å². The fraction of sp³-hybridized carbons (Fsp3) is 0.222. The van der Waals surface area contributed by atoms with Crippen LogP contribution in [0.1, 0.15) is 18.9 Å². The summed E-state index contributed by atoms with van der Waals surface area (Å²) in [4.78, 5) is 3.30. The number of ether oxygens (including phenoxy) is 1. The number of aromatic nitrogens is 1. The Hall–Kier alpha value is -2.42. The Kier molecular flexibility index (Phi) is 4.10. The lowest BCUT2D eigenvalue weighted by Gasteiger charge is -2.09. The normalized spacial score (nSPS) is 10.7. The summed E-state index contributed by atoms with van der Waals surface area (Å²) in [5, 5.41) is 4.72. The molecule has 3 aromatic rings. The van der Waals surface area contributed by atoms with Crippen molar-refractivity contribution >= 4 is 16.6 Å². The third kappa shape index (κ3) is 3.19. The number of hydrogen-bond donors (Lipinski definition) is 2. The summed E-state index contributed by atoms with van der Waals surface area (Å²) < 4.78 is 5.66. The average Bonchev–Trinajstić information content (AvgIpc) is 2.95. The molecular weight excluding hydrogens is 260 g/mol. The quantitative estimate of drug-likeness (QED) is 0.694. The molecule has 1 aromatic heterocycles. The van der Waals surface area contributed by atoms with E-state index in [1.54, 1.807) is 0 Å². The minimum atomic E-state index is 0.756. The van der Waals surface area contributed by atoms with Crippen LogP contribution in [0.2, 0.25) is 0 Å². The first kappa shape index (κ1) is 13.6. The molecule has 3 rings (SSSR count). The fourth-order valence-electron chi connectivity index (χ4n) is 2.39. The van der Waals surface area contributed by atoms with Crippen LogP contribution in [0.5, 0.6) is 5.75 Å². The molecule has 21 heavy (non-hydrogen) atoms. The van der Waals surface area contributed by atoms with Crippen molar-refractivity contribution in [2.24, 2.45) is 0 Å². The number of hydrogen-bond acceptors (Lipinski definition) is 2. The lowest BCUT2D eigenvalue weighted by molar-refractivity contribution is 0.317. The van der Waals surface area contributed by atoms with Gasteiger partial charge in [0.1, 0.15) is 5.75 Å². The molecule has 0 unspecified atom stereocenters. The number of nitrogens with one attached hydrogen (secondary N) is 2. The van der Waals surface area contributed by atoms with Crippen LogP contribution in [-0.4, -0.2) is 11.6 Å². The van der Waals surface area contributed by atoms with Crippen molar-refractivity contribution in [2.45, 2.75) is 19.9 Å². The summed E-state index contributed by atoms with van der Waals surface area (Å²) in [5.74, 6) is 0.917. The molecule has 0 aliphatic rings. The van der Waals surface area contributed by atoms with E-state index in [9.17, 15) is 0 Å². The highest BCUT2D eigenvalue weighted by Gasteiger charge is 2.03. The zero-order valence-electron chi connectivity index (χ0n) is 12.2. The smallest absolute Gasteiger partial charge is 0.121 e. The third-order valence-corrected chi connectivity index (χ3v) is 3.46.